The van der Waals surface area contributed by atoms with Crippen LogP contribution in [0.5, 0.6) is 0 Å². The summed E-state index contributed by atoms with van der Waals surface area (Å²) in [5.74, 6) is 1.04. The molecule has 0 aliphatic carbocycles. The van der Waals surface area contributed by atoms with Gasteiger partial charge in [-0.25, -0.2) is 4.98 Å². The molecule has 0 N–H and O–H groups in total. The van der Waals surface area contributed by atoms with Gasteiger partial charge in [0.1, 0.15) is 11.2 Å². The minimum Gasteiger partial charge on any atom is -0.456 e. The van der Waals surface area contributed by atoms with Gasteiger partial charge in [0.25, 0.3) is 0 Å². The van der Waals surface area contributed by atoms with Crippen LogP contribution in [0, 0.1) is 0 Å². The Balaban J connectivity index is 1.23. The van der Waals surface area contributed by atoms with E-state index in [1.54, 1.807) is 0 Å². The van der Waals surface area contributed by atoms with Crippen LogP contribution >= 0.6 is 11.6 Å². The van der Waals surface area contributed by atoms with E-state index in [4.69, 9.17) is 21.0 Å². The van der Waals surface area contributed by atoms with Crippen molar-refractivity contribution in [3.05, 3.63) is 127 Å². The Morgan fingerprint density at radius 2 is 1.12 bits per heavy atom. The number of furan rings is 1. The fraction of sp³-hybridized carbons (Fsp3) is 0. The SMILES string of the molecule is Clc1nc(-c2ccc3cc(-c4cccc5ccccc45)ccc3c2)nc(-c2cccc3oc4ccccc4c23)n1. The van der Waals surface area contributed by atoms with Crippen LogP contribution in [0.15, 0.2) is 126 Å². The van der Waals surface area contributed by atoms with Crippen LogP contribution in [-0.2, 0) is 0 Å². The number of hydrogen-bond acceptors (Lipinski definition) is 4. The number of fused-ring (bicyclic) bond motifs is 5. The average molecular weight is 534 g/mol. The molecular formula is C35H20ClN3O. The molecular weight excluding hydrogens is 514 g/mol. The highest BCUT2D eigenvalue weighted by atomic mass is 35.5. The topological polar surface area (TPSA) is 51.8 Å². The van der Waals surface area contributed by atoms with Gasteiger partial charge in [0.05, 0.1) is 0 Å². The van der Waals surface area contributed by atoms with Gasteiger partial charge in [0.15, 0.2) is 11.6 Å². The first-order valence-electron chi connectivity index (χ1n) is 13.1. The Morgan fingerprint density at radius 1 is 0.475 bits per heavy atom. The summed E-state index contributed by atoms with van der Waals surface area (Å²) in [7, 11) is 0. The fourth-order valence-corrected chi connectivity index (χ4v) is 5.75. The molecule has 0 unspecified atom stereocenters. The minimum absolute atomic E-state index is 0.149. The van der Waals surface area contributed by atoms with Gasteiger partial charge in [-0.15, -0.1) is 0 Å². The molecule has 0 fully saturated rings. The molecule has 2 heterocycles. The van der Waals surface area contributed by atoms with E-state index in [-0.39, 0.29) is 5.28 Å². The van der Waals surface area contributed by atoms with Crippen molar-refractivity contribution in [1.29, 1.82) is 0 Å². The van der Waals surface area contributed by atoms with E-state index >= 15 is 0 Å². The van der Waals surface area contributed by atoms with Crippen LogP contribution < -0.4 is 0 Å². The van der Waals surface area contributed by atoms with Crippen LogP contribution in [0.1, 0.15) is 0 Å². The lowest BCUT2D eigenvalue weighted by Gasteiger charge is -2.10. The molecule has 0 radical (unpaired) electrons. The Bertz CT molecular complexity index is 2250. The molecule has 0 aliphatic heterocycles. The summed E-state index contributed by atoms with van der Waals surface area (Å²) in [6.45, 7) is 0. The summed E-state index contributed by atoms with van der Waals surface area (Å²) in [4.78, 5) is 13.9. The maximum Gasteiger partial charge on any atom is 0.226 e. The van der Waals surface area contributed by atoms with Gasteiger partial charge < -0.3 is 4.42 Å². The molecule has 2 aromatic heterocycles. The summed E-state index contributed by atoms with van der Waals surface area (Å²) in [6, 6.07) is 41.6. The molecule has 40 heavy (non-hydrogen) atoms. The van der Waals surface area contributed by atoms with Gasteiger partial charge in [-0.2, -0.15) is 9.97 Å². The molecule has 5 heteroatoms. The van der Waals surface area contributed by atoms with Crippen molar-refractivity contribution in [2.24, 2.45) is 0 Å². The van der Waals surface area contributed by atoms with Crippen LogP contribution in [0.2, 0.25) is 5.28 Å². The molecule has 4 nitrogen and oxygen atoms in total. The van der Waals surface area contributed by atoms with E-state index < -0.39 is 0 Å². The summed E-state index contributed by atoms with van der Waals surface area (Å²) in [5, 5.41) is 6.85. The third kappa shape index (κ3) is 3.73. The highest BCUT2D eigenvalue weighted by molar-refractivity contribution is 6.28. The number of para-hydroxylation sites is 1. The van der Waals surface area contributed by atoms with Crippen molar-refractivity contribution in [2.75, 3.05) is 0 Å². The van der Waals surface area contributed by atoms with E-state index in [1.165, 1.54) is 21.9 Å². The first kappa shape index (κ1) is 22.9. The number of nitrogens with zero attached hydrogens (tertiary/aromatic N) is 3. The fourth-order valence-electron chi connectivity index (χ4n) is 5.59. The van der Waals surface area contributed by atoms with Gasteiger partial charge in [-0.05, 0) is 68.5 Å². The van der Waals surface area contributed by atoms with Gasteiger partial charge in [0, 0.05) is 21.9 Å². The number of benzene rings is 6. The third-order valence-corrected chi connectivity index (χ3v) is 7.62. The van der Waals surface area contributed by atoms with E-state index in [9.17, 15) is 0 Å². The monoisotopic (exact) mass is 533 g/mol. The van der Waals surface area contributed by atoms with Crippen LogP contribution in [0.4, 0.5) is 0 Å². The first-order valence-corrected chi connectivity index (χ1v) is 13.4. The molecule has 0 saturated carbocycles. The average Bonchev–Trinajstić information content (AvgIpc) is 3.39. The van der Waals surface area contributed by atoms with E-state index in [2.05, 4.69) is 82.8 Å². The molecule has 8 aromatic rings. The molecule has 0 spiro atoms. The Kier molecular flexibility index (Phi) is 5.15. The molecule has 6 aromatic carbocycles. The molecule has 188 valence electrons. The second kappa shape index (κ2) is 9.01. The zero-order valence-electron chi connectivity index (χ0n) is 21.2. The van der Waals surface area contributed by atoms with E-state index in [0.717, 1.165) is 43.8 Å². The third-order valence-electron chi connectivity index (χ3n) is 7.45. The highest BCUT2D eigenvalue weighted by Gasteiger charge is 2.16. The van der Waals surface area contributed by atoms with Crippen molar-refractivity contribution in [3.63, 3.8) is 0 Å². The van der Waals surface area contributed by atoms with Crippen molar-refractivity contribution >= 4 is 55.1 Å². The summed E-state index contributed by atoms with van der Waals surface area (Å²) in [6.07, 6.45) is 0. The first-order chi connectivity index (χ1) is 19.7. The maximum atomic E-state index is 6.46. The van der Waals surface area contributed by atoms with Crippen LogP contribution in [0.3, 0.4) is 0 Å². The Hall–Kier alpha value is -5.06. The molecule has 0 atom stereocenters. The molecule has 0 aliphatic rings. The minimum atomic E-state index is 0.149. The standard InChI is InChI=1S/C35H20ClN3O/c36-35-38-33(37-34(39-35)29-12-6-14-31-32(29)28-10-3-4-13-30(28)40-31)25-18-16-22-19-24(17-15-23(22)20-25)27-11-5-8-21-7-1-2-9-26(21)27/h1-20H. The lowest BCUT2D eigenvalue weighted by atomic mass is 9.96. The van der Waals surface area contributed by atoms with E-state index in [0.29, 0.717) is 11.6 Å². The lowest BCUT2D eigenvalue weighted by Crippen LogP contribution is -1.97. The van der Waals surface area contributed by atoms with Gasteiger partial charge in [-0.3, -0.25) is 0 Å². The van der Waals surface area contributed by atoms with Crippen LogP contribution in [0.25, 0.3) is 77.4 Å². The zero-order chi connectivity index (χ0) is 26.6. The van der Waals surface area contributed by atoms with Crippen LogP contribution in [-0.4, -0.2) is 15.0 Å². The van der Waals surface area contributed by atoms with Gasteiger partial charge in [0.2, 0.25) is 5.28 Å². The summed E-state index contributed by atoms with van der Waals surface area (Å²) in [5.41, 5.74) is 5.74. The van der Waals surface area contributed by atoms with Crippen molar-refractivity contribution in [2.45, 2.75) is 0 Å². The zero-order valence-corrected chi connectivity index (χ0v) is 21.9. The molecule has 0 saturated heterocycles. The Morgan fingerprint density at radius 3 is 2.02 bits per heavy atom. The molecule has 0 bridgehead atoms. The second-order valence-corrected chi connectivity index (χ2v) is 10.2. The second-order valence-electron chi connectivity index (χ2n) is 9.83. The summed E-state index contributed by atoms with van der Waals surface area (Å²) >= 11 is 6.46. The Labute approximate surface area is 234 Å². The van der Waals surface area contributed by atoms with Gasteiger partial charge >= 0.3 is 0 Å². The normalized spacial score (nSPS) is 11.6. The highest BCUT2D eigenvalue weighted by Crippen LogP contribution is 2.36. The molecule has 0 amide bonds. The van der Waals surface area contributed by atoms with Gasteiger partial charge in [-0.1, -0.05) is 97.1 Å². The number of aromatic nitrogens is 3. The number of halogens is 1. The predicted molar refractivity (Wildman–Crippen MR) is 163 cm³/mol. The molecule has 8 rings (SSSR count). The number of hydrogen-bond donors (Lipinski definition) is 0. The summed E-state index contributed by atoms with van der Waals surface area (Å²) < 4.78 is 6.07. The quantitative estimate of drug-likeness (QED) is 0.227. The van der Waals surface area contributed by atoms with Crippen molar-refractivity contribution in [3.8, 4) is 33.9 Å². The van der Waals surface area contributed by atoms with E-state index in [1.807, 2.05) is 48.5 Å². The smallest absolute Gasteiger partial charge is 0.226 e. The van der Waals surface area contributed by atoms with Crippen molar-refractivity contribution in [1.82, 2.24) is 15.0 Å². The predicted octanol–water partition coefficient (Wildman–Crippen LogP) is 9.73. The maximum absolute atomic E-state index is 6.46. The number of rotatable bonds is 3. The largest absolute Gasteiger partial charge is 0.456 e. The lowest BCUT2D eigenvalue weighted by molar-refractivity contribution is 0.669. The van der Waals surface area contributed by atoms with Crippen molar-refractivity contribution < 1.29 is 4.42 Å².